The van der Waals surface area contributed by atoms with Gasteiger partial charge in [0.15, 0.2) is 0 Å². The van der Waals surface area contributed by atoms with Gasteiger partial charge in [0.1, 0.15) is 0 Å². The van der Waals surface area contributed by atoms with Gasteiger partial charge >= 0.3 is 0 Å². The van der Waals surface area contributed by atoms with Crippen LogP contribution < -0.4 is 0 Å². The Kier molecular flexibility index (Phi) is 5.56. The van der Waals surface area contributed by atoms with E-state index in [0.717, 1.165) is 24.3 Å². The second-order valence-corrected chi connectivity index (χ2v) is 4.44. The topological polar surface area (TPSA) is 3.24 Å². The molecule has 0 bridgehead atoms. The average Bonchev–Trinajstić information content (AvgIpc) is 2.02. The summed E-state index contributed by atoms with van der Waals surface area (Å²) in [6.45, 7) is 14.0. The first-order chi connectivity index (χ1) is 5.49. The molecule has 0 aromatic carbocycles. The largest absolute Gasteiger partial charge is 0.306 e. The third-order valence-electron chi connectivity index (χ3n) is 3.09. The molecule has 1 nitrogen and oxygen atoms in total. The Bertz CT molecular complexity index is 110. The Morgan fingerprint density at radius 1 is 1.08 bits per heavy atom. The molecular weight excluding hydrogens is 146 g/mol. The predicted molar refractivity (Wildman–Crippen MR) is 56.3 cm³/mol. The molecule has 0 spiro atoms. The molecule has 2 unspecified atom stereocenters. The Morgan fingerprint density at radius 2 is 1.58 bits per heavy atom. The van der Waals surface area contributed by atoms with Crippen LogP contribution in [0.5, 0.6) is 0 Å². The molecule has 0 aliphatic carbocycles. The van der Waals surface area contributed by atoms with E-state index in [2.05, 4.69) is 46.6 Å². The first kappa shape index (κ1) is 12.0. The van der Waals surface area contributed by atoms with Gasteiger partial charge in [0.2, 0.25) is 0 Å². The third-order valence-corrected chi connectivity index (χ3v) is 3.09. The molecule has 0 amide bonds. The Labute approximate surface area is 78.1 Å². The minimum atomic E-state index is 0.810. The summed E-state index contributed by atoms with van der Waals surface area (Å²) in [6, 6.07) is 0. The second-order valence-electron chi connectivity index (χ2n) is 4.44. The molecular formula is C11H25N. The van der Waals surface area contributed by atoms with Crippen LogP contribution in [0, 0.1) is 17.8 Å². The van der Waals surface area contributed by atoms with E-state index >= 15 is 0 Å². The lowest BCUT2D eigenvalue weighted by atomic mass is 9.86. The molecule has 1 heteroatoms. The maximum atomic E-state index is 2.39. The van der Waals surface area contributed by atoms with Crippen LogP contribution in [0.2, 0.25) is 0 Å². The monoisotopic (exact) mass is 171 g/mol. The Balaban J connectivity index is 3.78. The number of nitrogens with zero attached hydrogens (tertiary/aromatic N) is 1. The highest BCUT2D eigenvalue weighted by molar-refractivity contribution is 4.67. The van der Waals surface area contributed by atoms with E-state index in [0.29, 0.717) is 0 Å². The summed E-state index contributed by atoms with van der Waals surface area (Å²) < 4.78 is 0. The quantitative estimate of drug-likeness (QED) is 0.615. The van der Waals surface area contributed by atoms with E-state index in [1.165, 1.54) is 6.54 Å². The smallest absolute Gasteiger partial charge is 0.000650 e. The van der Waals surface area contributed by atoms with Crippen molar-refractivity contribution in [1.82, 2.24) is 4.90 Å². The van der Waals surface area contributed by atoms with Crippen LogP contribution >= 0.6 is 0 Å². The van der Waals surface area contributed by atoms with Gasteiger partial charge in [-0.3, -0.25) is 0 Å². The summed E-state index contributed by atoms with van der Waals surface area (Å²) >= 11 is 0. The van der Waals surface area contributed by atoms with Crippen molar-refractivity contribution >= 4 is 0 Å². The van der Waals surface area contributed by atoms with Crippen LogP contribution in [0.3, 0.4) is 0 Å². The Morgan fingerprint density at radius 3 is 1.92 bits per heavy atom. The maximum Gasteiger partial charge on any atom is 0.000650 e. The molecule has 0 rings (SSSR count). The molecule has 0 N–H and O–H groups in total. The van der Waals surface area contributed by atoms with Gasteiger partial charge in [0.25, 0.3) is 0 Å². The molecule has 2 atom stereocenters. The predicted octanol–water partition coefficient (Wildman–Crippen LogP) is 2.87. The Hall–Kier alpha value is -0.0400. The lowest BCUT2D eigenvalue weighted by Gasteiger charge is -2.27. The minimum Gasteiger partial charge on any atom is -0.306 e. The summed E-state index contributed by atoms with van der Waals surface area (Å²) in [5.41, 5.74) is 0. The molecule has 0 saturated heterocycles. The zero-order valence-electron chi connectivity index (χ0n) is 9.59. The van der Waals surface area contributed by atoms with Crippen LogP contribution in [-0.2, 0) is 0 Å². The van der Waals surface area contributed by atoms with Gasteiger partial charge in [-0.05, 0) is 31.3 Å². The van der Waals surface area contributed by atoms with E-state index < -0.39 is 0 Å². The fourth-order valence-electron chi connectivity index (χ4n) is 1.44. The van der Waals surface area contributed by atoms with Gasteiger partial charge in [-0.1, -0.05) is 34.6 Å². The van der Waals surface area contributed by atoms with Gasteiger partial charge in [-0.2, -0.15) is 0 Å². The van der Waals surface area contributed by atoms with Gasteiger partial charge in [0, 0.05) is 6.54 Å². The summed E-state index contributed by atoms with van der Waals surface area (Å²) in [5, 5.41) is 0. The number of hydrogen-bond donors (Lipinski definition) is 0. The molecule has 0 radical (unpaired) electrons. The maximum absolute atomic E-state index is 2.39. The highest BCUT2D eigenvalue weighted by atomic mass is 15.1. The first-order valence-corrected chi connectivity index (χ1v) is 5.17. The summed E-state index contributed by atoms with van der Waals surface area (Å²) in [5.74, 6) is 2.46. The van der Waals surface area contributed by atoms with E-state index in [4.69, 9.17) is 0 Å². The van der Waals surface area contributed by atoms with Crippen LogP contribution in [0.25, 0.3) is 0 Å². The standard InChI is InChI=1S/C11H25N/c1-7-12(6)8-10(4)11(5)9(2)3/h9-11H,7-8H2,1-6H3. The average molecular weight is 171 g/mol. The van der Waals surface area contributed by atoms with Crippen LogP contribution in [0.15, 0.2) is 0 Å². The van der Waals surface area contributed by atoms with Gasteiger partial charge in [-0.25, -0.2) is 0 Å². The van der Waals surface area contributed by atoms with Crippen molar-refractivity contribution in [3.05, 3.63) is 0 Å². The molecule has 74 valence electrons. The van der Waals surface area contributed by atoms with Crippen molar-refractivity contribution in [3.8, 4) is 0 Å². The van der Waals surface area contributed by atoms with Crippen LogP contribution in [0.1, 0.15) is 34.6 Å². The lowest BCUT2D eigenvalue weighted by molar-refractivity contribution is 0.215. The fourth-order valence-corrected chi connectivity index (χ4v) is 1.44. The van der Waals surface area contributed by atoms with Gasteiger partial charge in [0.05, 0.1) is 0 Å². The molecule has 12 heavy (non-hydrogen) atoms. The molecule has 0 aromatic heterocycles. The van der Waals surface area contributed by atoms with E-state index in [-0.39, 0.29) is 0 Å². The molecule has 0 aromatic rings. The SMILES string of the molecule is CCN(C)CC(C)C(C)C(C)C. The molecule has 0 heterocycles. The lowest BCUT2D eigenvalue weighted by Crippen LogP contribution is -2.29. The van der Waals surface area contributed by atoms with Gasteiger partial charge in [-0.15, -0.1) is 0 Å². The van der Waals surface area contributed by atoms with E-state index in [1.807, 2.05) is 0 Å². The fraction of sp³-hybridized carbons (Fsp3) is 1.00. The summed E-state index contributed by atoms with van der Waals surface area (Å²) in [6.07, 6.45) is 0. The van der Waals surface area contributed by atoms with Crippen LogP contribution in [-0.4, -0.2) is 25.0 Å². The summed E-state index contributed by atoms with van der Waals surface area (Å²) in [7, 11) is 2.20. The zero-order valence-corrected chi connectivity index (χ0v) is 9.59. The molecule has 0 aliphatic heterocycles. The van der Waals surface area contributed by atoms with E-state index in [1.54, 1.807) is 0 Å². The van der Waals surface area contributed by atoms with Crippen molar-refractivity contribution in [3.63, 3.8) is 0 Å². The normalized spacial score (nSPS) is 17.0. The van der Waals surface area contributed by atoms with Crippen molar-refractivity contribution in [2.45, 2.75) is 34.6 Å². The van der Waals surface area contributed by atoms with E-state index in [9.17, 15) is 0 Å². The van der Waals surface area contributed by atoms with Gasteiger partial charge < -0.3 is 4.90 Å². The number of rotatable bonds is 5. The van der Waals surface area contributed by atoms with Crippen molar-refractivity contribution < 1.29 is 0 Å². The molecule has 0 fully saturated rings. The van der Waals surface area contributed by atoms with Crippen molar-refractivity contribution in [1.29, 1.82) is 0 Å². The van der Waals surface area contributed by atoms with Crippen molar-refractivity contribution in [2.75, 3.05) is 20.1 Å². The molecule has 0 saturated carbocycles. The third kappa shape index (κ3) is 4.10. The van der Waals surface area contributed by atoms with Crippen molar-refractivity contribution in [2.24, 2.45) is 17.8 Å². The highest BCUT2D eigenvalue weighted by Gasteiger charge is 2.16. The second kappa shape index (κ2) is 5.58. The first-order valence-electron chi connectivity index (χ1n) is 5.17. The minimum absolute atomic E-state index is 0.810. The number of hydrogen-bond acceptors (Lipinski definition) is 1. The summed E-state index contributed by atoms with van der Waals surface area (Å²) in [4.78, 5) is 2.39. The molecule has 0 aliphatic rings. The van der Waals surface area contributed by atoms with Crippen LogP contribution in [0.4, 0.5) is 0 Å². The zero-order chi connectivity index (χ0) is 9.72. The highest BCUT2D eigenvalue weighted by Crippen LogP contribution is 2.20.